The topological polar surface area (TPSA) is 46.4 Å². The molecule has 0 spiro atoms. The van der Waals surface area contributed by atoms with Gasteiger partial charge in [0.15, 0.2) is 0 Å². The minimum atomic E-state index is -0.124. The summed E-state index contributed by atoms with van der Waals surface area (Å²) >= 11 is 1.44. The summed E-state index contributed by atoms with van der Waals surface area (Å²) in [5, 5.41) is 4.95. The molecule has 0 fully saturated rings. The zero-order valence-electron chi connectivity index (χ0n) is 15.7. The molecule has 1 amide bonds. The minimum absolute atomic E-state index is 0.0705. The van der Waals surface area contributed by atoms with E-state index in [9.17, 15) is 4.79 Å². The van der Waals surface area contributed by atoms with Gasteiger partial charge in [-0.25, -0.2) is 0 Å². The summed E-state index contributed by atoms with van der Waals surface area (Å²) in [6.07, 6.45) is 2.05. The largest absolute Gasteiger partial charge is 0.346 e. The van der Waals surface area contributed by atoms with Crippen LogP contribution >= 0.6 is 11.3 Å². The Morgan fingerprint density at radius 3 is 2.62 bits per heavy atom. The fourth-order valence-electron chi connectivity index (χ4n) is 3.74. The highest BCUT2D eigenvalue weighted by molar-refractivity contribution is 7.12. The van der Waals surface area contributed by atoms with Crippen molar-refractivity contribution in [3.63, 3.8) is 0 Å². The minimum Gasteiger partial charge on any atom is -0.346 e. The lowest BCUT2D eigenvalue weighted by molar-refractivity contribution is 0.0963. The number of hydrogen-bond acceptors (Lipinski definition) is 3. The Bertz CT molecular complexity index is 1180. The molecule has 0 unspecified atom stereocenters. The van der Waals surface area contributed by atoms with Gasteiger partial charge in [0.05, 0.1) is 28.5 Å². The zero-order valence-corrected chi connectivity index (χ0v) is 16.5. The van der Waals surface area contributed by atoms with Crippen molar-refractivity contribution in [3.8, 4) is 5.69 Å². The van der Waals surface area contributed by atoms with Gasteiger partial charge in [-0.15, -0.1) is 11.3 Å². The van der Waals surface area contributed by atoms with Crippen molar-refractivity contribution >= 4 is 23.0 Å². The van der Waals surface area contributed by atoms with Gasteiger partial charge >= 0.3 is 0 Å². The van der Waals surface area contributed by atoms with Gasteiger partial charge in [-0.3, -0.25) is 9.79 Å². The maximum Gasteiger partial charge on any atom is 0.261 e. The van der Waals surface area contributed by atoms with Crippen LogP contribution in [0, 0.1) is 0 Å². The molecule has 0 saturated heterocycles. The fraction of sp³-hybridized carbons (Fsp3) is 0.0833. The number of fused-ring (bicyclic) bond motifs is 3. The molecule has 5 heteroatoms. The van der Waals surface area contributed by atoms with E-state index >= 15 is 0 Å². The Morgan fingerprint density at radius 2 is 1.79 bits per heavy atom. The number of carbonyl (C=O) groups excluding carboxylic acids is 1. The van der Waals surface area contributed by atoms with Crippen molar-refractivity contribution in [2.45, 2.75) is 6.04 Å². The number of nitrogens with one attached hydrogen (secondary N) is 1. The average Bonchev–Trinajstić information content (AvgIpc) is 3.45. The van der Waals surface area contributed by atoms with Crippen LogP contribution in [0.5, 0.6) is 0 Å². The van der Waals surface area contributed by atoms with Crippen molar-refractivity contribution in [1.82, 2.24) is 9.88 Å². The average molecular weight is 398 g/mol. The lowest BCUT2D eigenvalue weighted by Gasteiger charge is -2.16. The molecule has 29 heavy (non-hydrogen) atoms. The van der Waals surface area contributed by atoms with E-state index in [-0.39, 0.29) is 11.9 Å². The molecule has 0 radical (unpaired) electrons. The predicted octanol–water partition coefficient (Wildman–Crippen LogP) is 4.86. The molecule has 2 aromatic heterocycles. The molecule has 1 atom stereocenters. The van der Waals surface area contributed by atoms with E-state index in [0.29, 0.717) is 11.4 Å². The van der Waals surface area contributed by atoms with Crippen molar-refractivity contribution in [2.24, 2.45) is 4.99 Å². The molecule has 0 bridgehead atoms. The van der Waals surface area contributed by atoms with Crippen molar-refractivity contribution in [3.05, 3.63) is 112 Å². The van der Waals surface area contributed by atoms with Crippen LogP contribution in [0.25, 0.3) is 5.69 Å². The number of thiophene rings is 1. The maximum absolute atomic E-state index is 12.5. The third kappa shape index (κ3) is 3.30. The first-order chi connectivity index (χ1) is 14.3. The van der Waals surface area contributed by atoms with Crippen molar-refractivity contribution in [1.29, 1.82) is 0 Å². The van der Waals surface area contributed by atoms with Gasteiger partial charge in [0.2, 0.25) is 0 Å². The zero-order chi connectivity index (χ0) is 19.6. The standard InChI is InChI=1S/C24H19N3OS/c28-24(22-13-7-15-29-22)25-16-19-21-12-6-14-27(21)20-11-5-4-10-18(20)23(26-19)17-8-2-1-3-9-17/h1-15,23H,16H2,(H,25,28)/t23-/m1/s1. The molecule has 1 aliphatic rings. The molecule has 0 saturated carbocycles. The van der Waals surface area contributed by atoms with Crippen LogP contribution in [0.2, 0.25) is 0 Å². The van der Waals surface area contributed by atoms with E-state index in [2.05, 4.69) is 52.5 Å². The number of aromatic nitrogens is 1. The number of rotatable bonds is 4. The molecule has 4 nitrogen and oxygen atoms in total. The molecular weight excluding hydrogens is 378 g/mol. The highest BCUT2D eigenvalue weighted by Crippen LogP contribution is 2.34. The molecule has 1 aliphatic heterocycles. The molecule has 4 aromatic rings. The lowest BCUT2D eigenvalue weighted by atomic mass is 9.98. The Morgan fingerprint density at radius 1 is 0.966 bits per heavy atom. The second-order valence-corrected chi connectivity index (χ2v) is 7.82. The van der Waals surface area contributed by atoms with E-state index in [1.54, 1.807) is 0 Å². The normalized spacial score (nSPS) is 15.0. The maximum atomic E-state index is 12.5. The Balaban J connectivity index is 1.58. The van der Waals surface area contributed by atoms with Crippen LogP contribution in [-0.4, -0.2) is 22.7 Å². The summed E-state index contributed by atoms with van der Waals surface area (Å²) in [4.78, 5) is 18.3. The number of benzene rings is 2. The third-order valence-electron chi connectivity index (χ3n) is 5.10. The summed E-state index contributed by atoms with van der Waals surface area (Å²) < 4.78 is 2.16. The SMILES string of the molecule is O=C(NCC1=N[C@H](c2ccccc2)c2ccccc2-n2cccc21)c1cccs1. The van der Waals surface area contributed by atoms with Crippen molar-refractivity contribution < 1.29 is 4.79 Å². The second-order valence-electron chi connectivity index (χ2n) is 6.87. The highest BCUT2D eigenvalue weighted by Gasteiger charge is 2.24. The quantitative estimate of drug-likeness (QED) is 0.525. The van der Waals surface area contributed by atoms with Crippen LogP contribution in [0.3, 0.4) is 0 Å². The first kappa shape index (κ1) is 17.6. The van der Waals surface area contributed by atoms with Gasteiger partial charge < -0.3 is 9.88 Å². The number of nitrogens with zero attached hydrogens (tertiary/aromatic N) is 2. The molecule has 5 rings (SSSR count). The Kier molecular flexibility index (Phi) is 4.58. The van der Waals surface area contributed by atoms with Crippen LogP contribution in [0.1, 0.15) is 32.5 Å². The summed E-state index contributed by atoms with van der Waals surface area (Å²) in [6, 6.07) is 26.3. The van der Waals surface area contributed by atoms with E-state index in [4.69, 9.17) is 4.99 Å². The lowest BCUT2D eigenvalue weighted by Crippen LogP contribution is -2.30. The molecule has 3 heterocycles. The van der Waals surface area contributed by atoms with Gasteiger partial charge in [-0.2, -0.15) is 0 Å². The fourth-order valence-corrected chi connectivity index (χ4v) is 4.38. The highest BCUT2D eigenvalue weighted by atomic mass is 32.1. The molecule has 142 valence electrons. The van der Waals surface area contributed by atoms with E-state index in [0.717, 1.165) is 28.2 Å². The molecule has 1 N–H and O–H groups in total. The summed E-state index contributed by atoms with van der Waals surface area (Å²) in [6.45, 7) is 0.373. The Labute approximate surface area is 173 Å². The van der Waals surface area contributed by atoms with E-state index in [1.165, 1.54) is 11.3 Å². The summed E-state index contributed by atoms with van der Waals surface area (Å²) in [5.74, 6) is -0.0705. The molecule has 2 aromatic carbocycles. The van der Waals surface area contributed by atoms with Crippen LogP contribution < -0.4 is 5.32 Å². The monoisotopic (exact) mass is 397 g/mol. The predicted molar refractivity (Wildman–Crippen MR) is 117 cm³/mol. The number of amides is 1. The van der Waals surface area contributed by atoms with Crippen LogP contribution in [0.4, 0.5) is 0 Å². The van der Waals surface area contributed by atoms with Gasteiger partial charge in [-0.05, 0) is 35.2 Å². The number of hydrogen-bond donors (Lipinski definition) is 1. The van der Waals surface area contributed by atoms with E-state index in [1.807, 2.05) is 47.8 Å². The third-order valence-corrected chi connectivity index (χ3v) is 5.97. The van der Waals surface area contributed by atoms with Gasteiger partial charge in [0.25, 0.3) is 5.91 Å². The first-order valence-corrected chi connectivity index (χ1v) is 10.4. The number of para-hydroxylation sites is 1. The summed E-state index contributed by atoms with van der Waals surface area (Å²) in [5.41, 5.74) is 5.26. The molecular formula is C24H19N3OS. The van der Waals surface area contributed by atoms with Gasteiger partial charge in [0, 0.05) is 11.8 Å². The van der Waals surface area contributed by atoms with E-state index < -0.39 is 0 Å². The van der Waals surface area contributed by atoms with Gasteiger partial charge in [0.1, 0.15) is 6.04 Å². The smallest absolute Gasteiger partial charge is 0.261 e. The summed E-state index contributed by atoms with van der Waals surface area (Å²) in [7, 11) is 0. The molecule has 0 aliphatic carbocycles. The van der Waals surface area contributed by atoms with Gasteiger partial charge in [-0.1, -0.05) is 54.6 Å². The number of carbonyl (C=O) groups is 1. The van der Waals surface area contributed by atoms with Crippen LogP contribution in [-0.2, 0) is 0 Å². The number of aliphatic imine (C=N–C) groups is 1. The Hall–Kier alpha value is -3.44. The first-order valence-electron chi connectivity index (χ1n) is 9.51. The second kappa shape index (κ2) is 7.53. The van der Waals surface area contributed by atoms with Crippen molar-refractivity contribution in [2.75, 3.05) is 6.54 Å². The van der Waals surface area contributed by atoms with Crippen LogP contribution in [0.15, 0.2) is 95.4 Å².